The van der Waals surface area contributed by atoms with Crippen molar-refractivity contribution in [3.05, 3.63) is 12.7 Å². The molecule has 6 heteroatoms. The van der Waals surface area contributed by atoms with E-state index in [1.807, 2.05) is 0 Å². The quantitative estimate of drug-likeness (QED) is 0.545. The Balaban J connectivity index is 2.31. The van der Waals surface area contributed by atoms with Crippen LogP contribution >= 0.6 is 0 Å². The molecule has 0 aromatic heterocycles. The number of urea groups is 1. The van der Waals surface area contributed by atoms with Crippen molar-refractivity contribution in [2.45, 2.75) is 19.4 Å². The fourth-order valence-electron chi connectivity index (χ4n) is 1.77. The molecule has 0 aromatic carbocycles. The van der Waals surface area contributed by atoms with Gasteiger partial charge < -0.3 is 10.6 Å². The molecular formula is C12H22N4O2. The van der Waals surface area contributed by atoms with E-state index in [1.54, 1.807) is 6.08 Å². The van der Waals surface area contributed by atoms with Crippen molar-refractivity contribution in [3.63, 3.8) is 0 Å². The molecule has 1 fully saturated rings. The Hall–Kier alpha value is -1.40. The van der Waals surface area contributed by atoms with Crippen LogP contribution in [0.25, 0.3) is 0 Å². The molecule has 102 valence electrons. The smallest absolute Gasteiger partial charge is 0.321 e. The van der Waals surface area contributed by atoms with E-state index >= 15 is 0 Å². The van der Waals surface area contributed by atoms with Crippen LogP contribution in [0.3, 0.4) is 0 Å². The van der Waals surface area contributed by atoms with Gasteiger partial charge in [-0.2, -0.15) is 0 Å². The number of hydrogen-bond donors (Lipinski definition) is 3. The topological polar surface area (TPSA) is 73.5 Å². The monoisotopic (exact) mass is 254 g/mol. The van der Waals surface area contributed by atoms with Gasteiger partial charge in [0.2, 0.25) is 5.91 Å². The minimum atomic E-state index is -0.469. The van der Waals surface area contributed by atoms with E-state index < -0.39 is 6.03 Å². The fraction of sp³-hybridized carbons (Fsp3) is 0.667. The standard InChI is InChI=1S/C12H22N4O2/c1-3-5-14-12(18)15-11(17)9-16(6-4-2)10-7-13-8-10/h3,10,13H,1,4-9H2,2H3,(H2,14,15,17,18). The van der Waals surface area contributed by atoms with E-state index in [2.05, 4.69) is 34.4 Å². The van der Waals surface area contributed by atoms with E-state index in [-0.39, 0.29) is 12.5 Å². The number of rotatable bonds is 7. The van der Waals surface area contributed by atoms with Crippen LogP contribution in [0.1, 0.15) is 13.3 Å². The van der Waals surface area contributed by atoms with Crippen LogP contribution in [0.2, 0.25) is 0 Å². The van der Waals surface area contributed by atoms with Crippen LogP contribution in [0.5, 0.6) is 0 Å². The second-order valence-electron chi connectivity index (χ2n) is 4.33. The van der Waals surface area contributed by atoms with Gasteiger partial charge >= 0.3 is 6.03 Å². The average Bonchev–Trinajstić information content (AvgIpc) is 2.24. The van der Waals surface area contributed by atoms with E-state index in [4.69, 9.17) is 0 Å². The molecule has 1 heterocycles. The highest BCUT2D eigenvalue weighted by Crippen LogP contribution is 2.05. The summed E-state index contributed by atoms with van der Waals surface area (Å²) in [5.74, 6) is -0.267. The summed E-state index contributed by atoms with van der Waals surface area (Å²) in [6.07, 6.45) is 2.56. The molecule has 0 atom stereocenters. The zero-order valence-electron chi connectivity index (χ0n) is 10.9. The Morgan fingerprint density at radius 1 is 1.50 bits per heavy atom. The Morgan fingerprint density at radius 2 is 2.22 bits per heavy atom. The molecule has 3 amide bonds. The third-order valence-electron chi connectivity index (χ3n) is 2.79. The SMILES string of the molecule is C=CCNC(=O)NC(=O)CN(CCC)C1CNC1. The summed E-state index contributed by atoms with van der Waals surface area (Å²) in [6, 6.07) is -0.0602. The number of carbonyl (C=O) groups is 2. The highest BCUT2D eigenvalue weighted by molar-refractivity contribution is 5.95. The van der Waals surface area contributed by atoms with Crippen LogP contribution in [-0.2, 0) is 4.79 Å². The third-order valence-corrected chi connectivity index (χ3v) is 2.79. The van der Waals surface area contributed by atoms with Crippen LogP contribution in [-0.4, -0.2) is 55.6 Å². The molecule has 1 aliphatic heterocycles. The van der Waals surface area contributed by atoms with Gasteiger partial charge in [-0.15, -0.1) is 6.58 Å². The van der Waals surface area contributed by atoms with Crippen LogP contribution in [0.15, 0.2) is 12.7 Å². The molecule has 1 rings (SSSR count). The Bertz CT molecular complexity index is 302. The van der Waals surface area contributed by atoms with E-state index in [0.29, 0.717) is 12.6 Å². The first kappa shape index (κ1) is 14.7. The van der Waals surface area contributed by atoms with Crippen LogP contribution in [0.4, 0.5) is 4.79 Å². The third kappa shape index (κ3) is 4.85. The molecular weight excluding hydrogens is 232 g/mol. The second kappa shape index (κ2) is 7.84. The van der Waals surface area contributed by atoms with Gasteiger partial charge in [0.25, 0.3) is 0 Å². The van der Waals surface area contributed by atoms with Gasteiger partial charge in [0.15, 0.2) is 0 Å². The molecule has 0 aliphatic carbocycles. The van der Waals surface area contributed by atoms with Gasteiger partial charge in [-0.3, -0.25) is 15.0 Å². The fourth-order valence-corrected chi connectivity index (χ4v) is 1.77. The molecule has 0 radical (unpaired) electrons. The second-order valence-corrected chi connectivity index (χ2v) is 4.33. The van der Waals surface area contributed by atoms with Gasteiger partial charge in [-0.25, -0.2) is 4.79 Å². The van der Waals surface area contributed by atoms with E-state index in [1.165, 1.54) is 0 Å². The van der Waals surface area contributed by atoms with Crippen molar-refractivity contribution < 1.29 is 9.59 Å². The predicted molar refractivity (Wildman–Crippen MR) is 70.3 cm³/mol. The number of hydrogen-bond acceptors (Lipinski definition) is 4. The highest BCUT2D eigenvalue weighted by atomic mass is 16.2. The van der Waals surface area contributed by atoms with Crippen molar-refractivity contribution in [1.29, 1.82) is 0 Å². The first-order chi connectivity index (χ1) is 8.67. The normalized spacial score (nSPS) is 15.0. The van der Waals surface area contributed by atoms with Crippen molar-refractivity contribution in [3.8, 4) is 0 Å². The maximum atomic E-state index is 11.7. The summed E-state index contributed by atoms with van der Waals surface area (Å²) in [5, 5.41) is 7.99. The summed E-state index contributed by atoms with van der Waals surface area (Å²) in [4.78, 5) is 25.1. The number of nitrogens with one attached hydrogen (secondary N) is 3. The molecule has 1 aliphatic rings. The van der Waals surface area contributed by atoms with E-state index in [9.17, 15) is 9.59 Å². The Morgan fingerprint density at radius 3 is 2.72 bits per heavy atom. The molecule has 0 saturated carbocycles. The van der Waals surface area contributed by atoms with Gasteiger partial charge in [0.05, 0.1) is 6.54 Å². The molecule has 0 aromatic rings. The predicted octanol–water partition coefficient (Wildman–Crippen LogP) is -0.318. The van der Waals surface area contributed by atoms with Crippen LogP contribution < -0.4 is 16.0 Å². The van der Waals surface area contributed by atoms with Gasteiger partial charge in [-0.05, 0) is 13.0 Å². The number of amides is 3. The lowest BCUT2D eigenvalue weighted by molar-refractivity contribution is -0.122. The lowest BCUT2D eigenvalue weighted by atomic mass is 10.1. The first-order valence-corrected chi connectivity index (χ1v) is 6.30. The number of imide groups is 1. The van der Waals surface area contributed by atoms with Crippen molar-refractivity contribution in [1.82, 2.24) is 20.9 Å². The maximum absolute atomic E-state index is 11.7. The molecule has 0 spiro atoms. The van der Waals surface area contributed by atoms with Crippen molar-refractivity contribution >= 4 is 11.9 Å². The summed E-state index contributed by atoms with van der Waals surface area (Å²) in [6.45, 7) is 8.87. The van der Waals surface area contributed by atoms with Crippen molar-refractivity contribution in [2.24, 2.45) is 0 Å². The van der Waals surface area contributed by atoms with Crippen LogP contribution in [0, 0.1) is 0 Å². The number of carbonyl (C=O) groups excluding carboxylic acids is 2. The number of nitrogens with zero attached hydrogens (tertiary/aromatic N) is 1. The zero-order valence-corrected chi connectivity index (χ0v) is 10.9. The Kier molecular flexibility index (Phi) is 6.38. The van der Waals surface area contributed by atoms with Gasteiger partial charge in [-0.1, -0.05) is 13.0 Å². The summed E-state index contributed by atoms with van der Waals surface area (Å²) in [5.41, 5.74) is 0. The summed E-state index contributed by atoms with van der Waals surface area (Å²) in [7, 11) is 0. The lowest BCUT2D eigenvalue weighted by Gasteiger charge is -2.37. The minimum Gasteiger partial charge on any atom is -0.334 e. The Labute approximate surface area is 108 Å². The first-order valence-electron chi connectivity index (χ1n) is 6.30. The average molecular weight is 254 g/mol. The highest BCUT2D eigenvalue weighted by Gasteiger charge is 2.25. The lowest BCUT2D eigenvalue weighted by Crippen LogP contribution is -2.59. The maximum Gasteiger partial charge on any atom is 0.321 e. The molecule has 1 saturated heterocycles. The molecule has 3 N–H and O–H groups in total. The molecule has 0 unspecified atom stereocenters. The molecule has 18 heavy (non-hydrogen) atoms. The molecule has 6 nitrogen and oxygen atoms in total. The summed E-state index contributed by atoms with van der Waals surface area (Å²) >= 11 is 0. The van der Waals surface area contributed by atoms with E-state index in [0.717, 1.165) is 26.1 Å². The molecule has 0 bridgehead atoms. The zero-order chi connectivity index (χ0) is 13.4. The summed E-state index contributed by atoms with van der Waals surface area (Å²) < 4.78 is 0. The van der Waals surface area contributed by atoms with Gasteiger partial charge in [0.1, 0.15) is 0 Å². The van der Waals surface area contributed by atoms with Crippen molar-refractivity contribution in [2.75, 3.05) is 32.7 Å². The van der Waals surface area contributed by atoms with Gasteiger partial charge in [0, 0.05) is 25.7 Å². The largest absolute Gasteiger partial charge is 0.334 e. The minimum absolute atomic E-state index is 0.266.